The number of hydrogen-bond donors (Lipinski definition) is 1. The highest BCUT2D eigenvalue weighted by atomic mass is 32.1. The summed E-state index contributed by atoms with van der Waals surface area (Å²) >= 11 is 5.08. The van der Waals surface area contributed by atoms with Gasteiger partial charge in [0.25, 0.3) is 0 Å². The Morgan fingerprint density at radius 1 is 1.38 bits per heavy atom. The molecule has 3 rings (SSSR count). The molecule has 0 bridgehead atoms. The van der Waals surface area contributed by atoms with Crippen LogP contribution < -0.4 is 4.74 Å². The van der Waals surface area contributed by atoms with E-state index in [0.29, 0.717) is 11.4 Å². The monoisotopic (exact) mass is 301 g/mol. The van der Waals surface area contributed by atoms with Gasteiger partial charge in [-0.15, -0.1) is 0 Å². The number of aromatic amines is 1. The van der Waals surface area contributed by atoms with Crippen LogP contribution in [-0.2, 0) is 19.5 Å². The van der Waals surface area contributed by atoms with Gasteiger partial charge in [-0.25, -0.2) is 4.98 Å². The average Bonchev–Trinajstić information content (AvgIpc) is 2.50. The number of benzene rings is 1. The number of nitrogens with one attached hydrogen (secondary N) is 1. The molecule has 0 unspecified atom stereocenters. The van der Waals surface area contributed by atoms with Crippen molar-refractivity contribution in [3.05, 3.63) is 52.1 Å². The summed E-state index contributed by atoms with van der Waals surface area (Å²) in [4.78, 5) is 9.80. The molecule has 0 fully saturated rings. The van der Waals surface area contributed by atoms with E-state index in [1.807, 2.05) is 25.3 Å². The lowest BCUT2D eigenvalue weighted by molar-refractivity contribution is 0.236. The topological polar surface area (TPSA) is 41.1 Å². The Hall–Kier alpha value is -1.72. The first kappa shape index (κ1) is 14.2. The predicted octanol–water partition coefficient (Wildman–Crippen LogP) is 3.10. The number of hydrogen-bond acceptors (Lipinski definition) is 4. The Morgan fingerprint density at radius 3 is 3.10 bits per heavy atom. The molecule has 2 heterocycles. The van der Waals surface area contributed by atoms with Crippen LogP contribution in [0.15, 0.2) is 30.5 Å². The van der Waals surface area contributed by atoms with Crippen molar-refractivity contribution in [1.29, 1.82) is 0 Å². The van der Waals surface area contributed by atoms with E-state index in [0.717, 1.165) is 31.8 Å². The van der Waals surface area contributed by atoms with Crippen LogP contribution >= 0.6 is 12.2 Å². The second-order valence-corrected chi connectivity index (χ2v) is 5.58. The molecule has 2 aromatic rings. The van der Waals surface area contributed by atoms with Crippen LogP contribution in [0, 0.1) is 4.77 Å². The summed E-state index contributed by atoms with van der Waals surface area (Å²) in [5.74, 6) is 0.983. The number of para-hydroxylation sites is 1. The van der Waals surface area contributed by atoms with Crippen LogP contribution in [0.3, 0.4) is 0 Å². The van der Waals surface area contributed by atoms with E-state index in [1.54, 1.807) is 0 Å². The van der Waals surface area contributed by atoms with Gasteiger partial charge in [-0.2, -0.15) is 0 Å². The molecule has 0 spiro atoms. The van der Waals surface area contributed by atoms with Gasteiger partial charge in [-0.3, -0.25) is 4.90 Å². The van der Waals surface area contributed by atoms with Gasteiger partial charge in [-0.05, 0) is 25.2 Å². The highest BCUT2D eigenvalue weighted by molar-refractivity contribution is 7.71. The third-order valence-corrected chi connectivity index (χ3v) is 3.93. The molecule has 1 aliphatic rings. The first-order valence-electron chi connectivity index (χ1n) is 7.26. The quantitative estimate of drug-likeness (QED) is 0.881. The molecule has 1 N–H and O–H groups in total. The standard InChI is InChI=1S/C16H19N3OS/c1-2-20-15-6-4-3-5-12(15)10-19-8-7-14-13(11-19)9-17-16(21)18-14/h3-6,9H,2,7-8,10-11H2,1H3,(H,17,18,21). The zero-order valence-corrected chi connectivity index (χ0v) is 12.9. The maximum Gasteiger partial charge on any atom is 0.196 e. The van der Waals surface area contributed by atoms with E-state index in [1.165, 1.54) is 16.8 Å². The normalized spacial score (nSPS) is 14.7. The molecule has 0 amide bonds. The number of ether oxygens (including phenoxy) is 1. The molecule has 1 aromatic carbocycles. The second kappa shape index (κ2) is 6.37. The molecule has 4 nitrogen and oxygen atoms in total. The lowest BCUT2D eigenvalue weighted by Gasteiger charge is -2.28. The maximum atomic E-state index is 5.70. The van der Waals surface area contributed by atoms with Gasteiger partial charge in [0.05, 0.1) is 6.61 Å². The van der Waals surface area contributed by atoms with Crippen molar-refractivity contribution in [3.8, 4) is 5.75 Å². The Bertz CT molecular complexity index is 683. The fourth-order valence-electron chi connectivity index (χ4n) is 2.71. The van der Waals surface area contributed by atoms with Crippen molar-refractivity contribution >= 4 is 12.2 Å². The number of H-pyrrole nitrogens is 1. The molecule has 0 saturated heterocycles. The molecule has 0 radical (unpaired) electrons. The van der Waals surface area contributed by atoms with Crippen LogP contribution in [-0.4, -0.2) is 28.0 Å². The third-order valence-electron chi connectivity index (χ3n) is 3.72. The minimum atomic E-state index is 0.573. The van der Waals surface area contributed by atoms with Crippen molar-refractivity contribution in [1.82, 2.24) is 14.9 Å². The van der Waals surface area contributed by atoms with E-state index >= 15 is 0 Å². The summed E-state index contributed by atoms with van der Waals surface area (Å²) in [6.45, 7) is 5.52. The molecular weight excluding hydrogens is 282 g/mol. The summed E-state index contributed by atoms with van der Waals surface area (Å²) in [6, 6.07) is 8.26. The van der Waals surface area contributed by atoms with Gasteiger partial charge in [0, 0.05) is 49.1 Å². The highest BCUT2D eigenvalue weighted by Gasteiger charge is 2.18. The summed E-state index contributed by atoms with van der Waals surface area (Å²) in [5.41, 5.74) is 3.70. The van der Waals surface area contributed by atoms with Gasteiger partial charge < -0.3 is 9.72 Å². The first-order chi connectivity index (χ1) is 10.3. The van der Waals surface area contributed by atoms with E-state index in [-0.39, 0.29) is 0 Å². The summed E-state index contributed by atoms with van der Waals surface area (Å²) in [7, 11) is 0. The van der Waals surface area contributed by atoms with E-state index < -0.39 is 0 Å². The van der Waals surface area contributed by atoms with Crippen molar-refractivity contribution in [2.24, 2.45) is 0 Å². The van der Waals surface area contributed by atoms with Crippen molar-refractivity contribution < 1.29 is 4.74 Å². The fraction of sp³-hybridized carbons (Fsp3) is 0.375. The van der Waals surface area contributed by atoms with E-state index in [4.69, 9.17) is 17.0 Å². The van der Waals surface area contributed by atoms with Gasteiger partial charge in [0.2, 0.25) is 0 Å². The summed E-state index contributed by atoms with van der Waals surface area (Å²) in [6.07, 6.45) is 2.88. The minimum Gasteiger partial charge on any atom is -0.494 e. The lowest BCUT2D eigenvalue weighted by atomic mass is 10.1. The molecule has 1 aromatic heterocycles. The molecule has 1 aliphatic heterocycles. The molecule has 110 valence electrons. The predicted molar refractivity (Wildman–Crippen MR) is 84.9 cm³/mol. The number of rotatable bonds is 4. The van der Waals surface area contributed by atoms with Crippen molar-refractivity contribution in [2.75, 3.05) is 13.2 Å². The molecule has 5 heteroatoms. The van der Waals surface area contributed by atoms with Crippen molar-refractivity contribution in [3.63, 3.8) is 0 Å². The smallest absolute Gasteiger partial charge is 0.196 e. The lowest BCUT2D eigenvalue weighted by Crippen LogP contribution is -2.31. The number of nitrogens with zero attached hydrogens (tertiary/aromatic N) is 2. The Kier molecular flexibility index (Phi) is 4.31. The molecule has 0 saturated carbocycles. The van der Waals surface area contributed by atoms with Crippen LogP contribution in [0.5, 0.6) is 5.75 Å². The van der Waals surface area contributed by atoms with Crippen LogP contribution in [0.1, 0.15) is 23.7 Å². The van der Waals surface area contributed by atoms with Gasteiger partial charge >= 0.3 is 0 Å². The maximum absolute atomic E-state index is 5.70. The van der Waals surface area contributed by atoms with E-state index in [9.17, 15) is 0 Å². The highest BCUT2D eigenvalue weighted by Crippen LogP contribution is 2.23. The summed E-state index contributed by atoms with van der Waals surface area (Å²) < 4.78 is 6.28. The third kappa shape index (κ3) is 3.31. The average molecular weight is 301 g/mol. The molecular formula is C16H19N3OS. The minimum absolute atomic E-state index is 0.573. The summed E-state index contributed by atoms with van der Waals surface area (Å²) in [5, 5.41) is 0. The molecule has 21 heavy (non-hydrogen) atoms. The Balaban J connectivity index is 1.75. The second-order valence-electron chi connectivity index (χ2n) is 5.19. The van der Waals surface area contributed by atoms with E-state index in [2.05, 4.69) is 27.0 Å². The molecule has 0 aliphatic carbocycles. The van der Waals surface area contributed by atoms with Gasteiger partial charge in [-0.1, -0.05) is 18.2 Å². The van der Waals surface area contributed by atoms with Crippen LogP contribution in [0.25, 0.3) is 0 Å². The Morgan fingerprint density at radius 2 is 2.24 bits per heavy atom. The van der Waals surface area contributed by atoms with Crippen LogP contribution in [0.4, 0.5) is 0 Å². The van der Waals surface area contributed by atoms with Crippen LogP contribution in [0.2, 0.25) is 0 Å². The first-order valence-corrected chi connectivity index (χ1v) is 7.67. The van der Waals surface area contributed by atoms with Gasteiger partial charge in [0.15, 0.2) is 4.77 Å². The van der Waals surface area contributed by atoms with Gasteiger partial charge in [0.1, 0.15) is 5.75 Å². The zero-order valence-electron chi connectivity index (χ0n) is 12.1. The largest absolute Gasteiger partial charge is 0.494 e. The Labute approximate surface area is 129 Å². The number of aromatic nitrogens is 2. The molecule has 0 atom stereocenters. The fourth-order valence-corrected chi connectivity index (χ4v) is 2.89. The number of fused-ring (bicyclic) bond motifs is 1. The SMILES string of the molecule is CCOc1ccccc1CN1CCc2[nH]c(=S)ncc2C1. The zero-order chi connectivity index (χ0) is 14.7. The van der Waals surface area contributed by atoms with Crippen molar-refractivity contribution in [2.45, 2.75) is 26.4 Å².